The quantitative estimate of drug-likeness (QED) is 0.344. The first-order valence-electron chi connectivity index (χ1n) is 13.3. The predicted octanol–water partition coefficient (Wildman–Crippen LogP) is 4.37. The molecule has 2 aromatic heterocycles. The van der Waals surface area contributed by atoms with E-state index in [0.29, 0.717) is 49.8 Å². The summed E-state index contributed by atoms with van der Waals surface area (Å²) in [6, 6.07) is 18.4. The average molecular weight is 542 g/mol. The highest BCUT2D eigenvalue weighted by Gasteiger charge is 2.33. The minimum atomic E-state index is -0.548. The van der Waals surface area contributed by atoms with Crippen LogP contribution in [-0.4, -0.2) is 56.3 Å². The molecule has 0 spiro atoms. The maximum Gasteiger partial charge on any atom is 0.253 e. The zero-order chi connectivity index (χ0) is 27.8. The van der Waals surface area contributed by atoms with Gasteiger partial charge in [-0.05, 0) is 88.8 Å². The number of halogens is 2. The number of benzene rings is 3. The second-order valence-corrected chi connectivity index (χ2v) is 10.3. The highest BCUT2D eigenvalue weighted by atomic mass is 19.1. The molecule has 40 heavy (non-hydrogen) atoms. The van der Waals surface area contributed by atoms with Gasteiger partial charge in [0.15, 0.2) is 5.82 Å². The first kappa shape index (κ1) is 25.8. The Morgan fingerprint density at radius 1 is 0.925 bits per heavy atom. The van der Waals surface area contributed by atoms with Crippen LogP contribution in [0.3, 0.4) is 0 Å². The van der Waals surface area contributed by atoms with E-state index in [0.717, 1.165) is 27.6 Å². The molecule has 5 aromatic rings. The molecule has 204 valence electrons. The average Bonchev–Trinajstić information content (AvgIpc) is 3.40. The van der Waals surface area contributed by atoms with Gasteiger partial charge in [0.2, 0.25) is 0 Å². The van der Waals surface area contributed by atoms with Gasteiger partial charge in [-0.3, -0.25) is 9.69 Å². The largest absolute Gasteiger partial charge is 0.367 e. The SMILES string of the molecule is Cc1cc2cc([C@@H](c3nnnn3Cc3ccc(F)cc3)N3CCN(c4ccccc4F)CC3)c(=O)[nH]c2cc1C. The maximum absolute atomic E-state index is 14.5. The summed E-state index contributed by atoms with van der Waals surface area (Å²) in [5.41, 5.74) is 4.71. The molecule has 0 radical (unpaired) electrons. The highest BCUT2D eigenvalue weighted by molar-refractivity contribution is 5.81. The first-order valence-corrected chi connectivity index (χ1v) is 13.3. The van der Waals surface area contributed by atoms with E-state index in [9.17, 15) is 13.6 Å². The number of aromatic amines is 1. The molecule has 3 aromatic carbocycles. The van der Waals surface area contributed by atoms with Crippen LogP contribution in [0.25, 0.3) is 10.9 Å². The van der Waals surface area contributed by atoms with Gasteiger partial charge in [-0.1, -0.05) is 24.3 Å². The minimum absolute atomic E-state index is 0.214. The highest BCUT2D eigenvalue weighted by Crippen LogP contribution is 2.30. The van der Waals surface area contributed by atoms with Gasteiger partial charge in [-0.15, -0.1) is 5.10 Å². The Morgan fingerprint density at radius 2 is 1.65 bits per heavy atom. The lowest BCUT2D eigenvalue weighted by atomic mass is 10.00. The predicted molar refractivity (Wildman–Crippen MR) is 149 cm³/mol. The Hall–Kier alpha value is -4.44. The van der Waals surface area contributed by atoms with Crippen LogP contribution in [0, 0.1) is 25.5 Å². The Morgan fingerprint density at radius 3 is 2.40 bits per heavy atom. The van der Waals surface area contributed by atoms with Crippen LogP contribution in [0.2, 0.25) is 0 Å². The van der Waals surface area contributed by atoms with Crippen LogP contribution < -0.4 is 10.5 Å². The number of hydrogen-bond acceptors (Lipinski definition) is 6. The Labute approximate surface area is 229 Å². The van der Waals surface area contributed by atoms with Crippen molar-refractivity contribution in [3.8, 4) is 0 Å². The van der Waals surface area contributed by atoms with Gasteiger partial charge >= 0.3 is 0 Å². The molecule has 1 saturated heterocycles. The van der Waals surface area contributed by atoms with Crippen molar-refractivity contribution in [2.75, 3.05) is 31.1 Å². The van der Waals surface area contributed by atoms with Crippen molar-refractivity contribution in [2.45, 2.75) is 26.4 Å². The molecule has 0 unspecified atom stereocenters. The van der Waals surface area contributed by atoms with Gasteiger partial charge in [-0.2, -0.15) is 0 Å². The van der Waals surface area contributed by atoms with E-state index >= 15 is 0 Å². The summed E-state index contributed by atoms with van der Waals surface area (Å²) in [4.78, 5) is 20.8. The summed E-state index contributed by atoms with van der Waals surface area (Å²) < 4.78 is 29.7. The van der Waals surface area contributed by atoms with Gasteiger partial charge in [0.25, 0.3) is 5.56 Å². The number of fused-ring (bicyclic) bond motifs is 1. The van der Waals surface area contributed by atoms with Gasteiger partial charge in [-0.25, -0.2) is 13.5 Å². The number of piperazine rings is 1. The number of nitrogens with zero attached hydrogens (tertiary/aromatic N) is 6. The molecule has 6 rings (SSSR count). The van der Waals surface area contributed by atoms with E-state index in [1.807, 2.05) is 36.9 Å². The van der Waals surface area contributed by atoms with Gasteiger partial charge in [0, 0.05) is 37.3 Å². The third-order valence-corrected chi connectivity index (χ3v) is 7.70. The van der Waals surface area contributed by atoms with Crippen molar-refractivity contribution in [1.82, 2.24) is 30.1 Å². The molecule has 1 atom stereocenters. The van der Waals surface area contributed by atoms with E-state index in [1.54, 1.807) is 28.9 Å². The Kier molecular flexibility index (Phi) is 6.85. The summed E-state index contributed by atoms with van der Waals surface area (Å²) in [7, 11) is 0. The molecule has 0 saturated carbocycles. The molecule has 0 bridgehead atoms. The van der Waals surface area contributed by atoms with Crippen LogP contribution in [-0.2, 0) is 6.54 Å². The molecule has 1 aliphatic rings. The fourth-order valence-electron chi connectivity index (χ4n) is 5.41. The standard InChI is InChI=1S/C30H29F2N7O/c1-19-15-22-17-24(30(40)33-26(22)16-20(19)2)28(29-34-35-36-39(29)18-21-7-9-23(31)10-8-21)38-13-11-37(12-14-38)27-6-4-3-5-25(27)32/h3-10,15-17,28H,11-14,18H2,1-2H3,(H,33,40)/t28-/m0/s1. The van der Waals surface area contributed by atoms with E-state index in [4.69, 9.17) is 0 Å². The number of H-pyrrole nitrogens is 1. The Bertz CT molecular complexity index is 1720. The molecule has 3 heterocycles. The zero-order valence-corrected chi connectivity index (χ0v) is 22.3. The third kappa shape index (κ3) is 4.98. The minimum Gasteiger partial charge on any atom is -0.367 e. The normalized spacial score (nSPS) is 15.1. The Balaban J connectivity index is 1.40. The summed E-state index contributed by atoms with van der Waals surface area (Å²) in [6.07, 6.45) is 0. The lowest BCUT2D eigenvalue weighted by Gasteiger charge is -2.39. The van der Waals surface area contributed by atoms with Gasteiger partial charge in [0.1, 0.15) is 17.7 Å². The second kappa shape index (κ2) is 10.6. The number of tetrazole rings is 1. The van der Waals surface area contributed by atoms with Gasteiger partial charge in [0.05, 0.1) is 12.2 Å². The van der Waals surface area contributed by atoms with Crippen LogP contribution in [0.1, 0.15) is 34.1 Å². The van der Waals surface area contributed by atoms with Crippen molar-refractivity contribution in [3.63, 3.8) is 0 Å². The van der Waals surface area contributed by atoms with E-state index in [2.05, 4.69) is 31.5 Å². The lowest BCUT2D eigenvalue weighted by Crippen LogP contribution is -2.49. The summed E-state index contributed by atoms with van der Waals surface area (Å²) in [5.74, 6) is -0.0655. The second-order valence-electron chi connectivity index (χ2n) is 10.3. The number of pyridine rings is 1. The summed E-state index contributed by atoms with van der Waals surface area (Å²) in [6.45, 7) is 6.64. The molecule has 8 nitrogen and oxygen atoms in total. The van der Waals surface area contributed by atoms with Crippen molar-refractivity contribution >= 4 is 16.6 Å². The number of hydrogen-bond donors (Lipinski definition) is 1. The number of anilines is 1. The number of para-hydroxylation sites is 1. The number of aromatic nitrogens is 5. The van der Waals surface area contributed by atoms with E-state index in [-0.39, 0.29) is 17.2 Å². The van der Waals surface area contributed by atoms with Crippen LogP contribution >= 0.6 is 0 Å². The molecule has 0 amide bonds. The number of aryl methyl sites for hydroxylation is 2. The monoisotopic (exact) mass is 541 g/mol. The van der Waals surface area contributed by atoms with Crippen molar-refractivity contribution in [1.29, 1.82) is 0 Å². The molecule has 10 heteroatoms. The summed E-state index contributed by atoms with van der Waals surface area (Å²) >= 11 is 0. The topological polar surface area (TPSA) is 82.9 Å². The van der Waals surface area contributed by atoms with Crippen LogP contribution in [0.15, 0.2) is 71.5 Å². The lowest BCUT2D eigenvalue weighted by molar-refractivity contribution is 0.200. The fourth-order valence-corrected chi connectivity index (χ4v) is 5.41. The molecule has 1 aliphatic heterocycles. The zero-order valence-electron chi connectivity index (χ0n) is 22.3. The molecule has 1 N–H and O–H groups in total. The van der Waals surface area contributed by atoms with Crippen molar-refractivity contribution in [3.05, 3.63) is 117 Å². The molecule has 1 fully saturated rings. The van der Waals surface area contributed by atoms with Crippen molar-refractivity contribution < 1.29 is 8.78 Å². The maximum atomic E-state index is 14.5. The summed E-state index contributed by atoms with van der Waals surface area (Å²) in [5, 5.41) is 13.5. The number of rotatable bonds is 6. The smallest absolute Gasteiger partial charge is 0.253 e. The number of nitrogens with one attached hydrogen (secondary N) is 1. The van der Waals surface area contributed by atoms with Crippen LogP contribution in [0.5, 0.6) is 0 Å². The molecular formula is C30H29F2N7O. The van der Waals surface area contributed by atoms with E-state index in [1.165, 1.54) is 18.2 Å². The third-order valence-electron chi connectivity index (χ3n) is 7.70. The van der Waals surface area contributed by atoms with Crippen molar-refractivity contribution in [2.24, 2.45) is 0 Å². The molecule has 0 aliphatic carbocycles. The van der Waals surface area contributed by atoms with E-state index < -0.39 is 6.04 Å². The molecular weight excluding hydrogens is 512 g/mol. The first-order chi connectivity index (χ1) is 19.4. The van der Waals surface area contributed by atoms with Crippen LogP contribution in [0.4, 0.5) is 14.5 Å². The van der Waals surface area contributed by atoms with Gasteiger partial charge < -0.3 is 9.88 Å². The fraction of sp³-hybridized carbons (Fsp3) is 0.267.